The predicted molar refractivity (Wildman–Crippen MR) is 169 cm³/mol. The Morgan fingerprint density at radius 2 is 1.07 bits per heavy atom. The molecule has 6 aromatic rings. The van der Waals surface area contributed by atoms with Crippen LogP contribution in [0.15, 0.2) is 146 Å². The number of phenols is 1. The number of phenolic OH excluding ortho intramolecular Hbond substituents is 1. The Morgan fingerprint density at radius 3 is 1.73 bits per heavy atom. The molecule has 0 unspecified atom stereocenters. The Balaban J connectivity index is 1.49. The number of rotatable bonds is 7. The van der Waals surface area contributed by atoms with Crippen molar-refractivity contribution in [2.75, 3.05) is 10.6 Å². The average molecular weight is 519 g/mol. The number of aryl methyl sites for hydroxylation is 1. The molecular formula is C37H30N2O. The molecule has 6 rings (SSSR count). The van der Waals surface area contributed by atoms with Crippen LogP contribution in [0, 0.1) is 6.92 Å². The molecule has 6 aromatic carbocycles. The summed E-state index contributed by atoms with van der Waals surface area (Å²) in [4.78, 5) is 0. The van der Waals surface area contributed by atoms with E-state index >= 15 is 0 Å². The fourth-order valence-electron chi connectivity index (χ4n) is 5.12. The molecule has 3 heteroatoms. The van der Waals surface area contributed by atoms with Crippen LogP contribution in [0.25, 0.3) is 33.4 Å². The fourth-order valence-corrected chi connectivity index (χ4v) is 5.12. The standard InChI is InChI=1S/C37H30N2O/c1-26-10-8-15-31(24-26)38-30-20-18-27(19-21-30)34-22-23-35(39-32-16-9-17-33(40)25-32)37(29-13-6-3-7-14-29)36(34)28-11-4-2-5-12-28/h2-25,38-40H,1H3. The molecule has 0 fully saturated rings. The summed E-state index contributed by atoms with van der Waals surface area (Å²) in [6, 6.07) is 49.6. The molecule has 0 bridgehead atoms. The van der Waals surface area contributed by atoms with Gasteiger partial charge in [0.1, 0.15) is 5.75 Å². The zero-order valence-electron chi connectivity index (χ0n) is 22.3. The third-order valence-electron chi connectivity index (χ3n) is 6.96. The Kier molecular flexibility index (Phi) is 7.02. The van der Waals surface area contributed by atoms with Crippen LogP contribution in [0.4, 0.5) is 22.7 Å². The van der Waals surface area contributed by atoms with E-state index in [2.05, 4.69) is 127 Å². The Labute approximate surface area is 235 Å². The first-order valence-electron chi connectivity index (χ1n) is 13.4. The van der Waals surface area contributed by atoms with Gasteiger partial charge in [0.05, 0.1) is 0 Å². The minimum atomic E-state index is 0.227. The molecule has 0 saturated carbocycles. The average Bonchev–Trinajstić information content (AvgIpc) is 2.98. The van der Waals surface area contributed by atoms with Gasteiger partial charge in [0.15, 0.2) is 0 Å². The minimum absolute atomic E-state index is 0.227. The van der Waals surface area contributed by atoms with Gasteiger partial charge in [0.2, 0.25) is 0 Å². The first-order chi connectivity index (χ1) is 19.6. The lowest BCUT2D eigenvalue weighted by molar-refractivity contribution is 0.475. The van der Waals surface area contributed by atoms with Crippen LogP contribution in [0.3, 0.4) is 0 Å². The van der Waals surface area contributed by atoms with Crippen LogP contribution in [-0.2, 0) is 0 Å². The maximum absolute atomic E-state index is 10.1. The van der Waals surface area contributed by atoms with Gasteiger partial charge in [0.25, 0.3) is 0 Å². The number of aromatic hydroxyl groups is 1. The highest BCUT2D eigenvalue weighted by Crippen LogP contribution is 2.45. The van der Waals surface area contributed by atoms with Crippen molar-refractivity contribution < 1.29 is 5.11 Å². The van der Waals surface area contributed by atoms with E-state index in [1.54, 1.807) is 12.1 Å². The molecule has 3 N–H and O–H groups in total. The number of hydrogen-bond acceptors (Lipinski definition) is 3. The summed E-state index contributed by atoms with van der Waals surface area (Å²) in [7, 11) is 0. The van der Waals surface area contributed by atoms with Gasteiger partial charge in [-0.1, -0.05) is 97.1 Å². The van der Waals surface area contributed by atoms with Crippen LogP contribution < -0.4 is 10.6 Å². The van der Waals surface area contributed by atoms with Crippen LogP contribution in [0.5, 0.6) is 5.75 Å². The summed E-state index contributed by atoms with van der Waals surface area (Å²) in [5.41, 5.74) is 11.9. The van der Waals surface area contributed by atoms with E-state index in [-0.39, 0.29) is 5.75 Å². The topological polar surface area (TPSA) is 44.3 Å². The van der Waals surface area contributed by atoms with E-state index in [4.69, 9.17) is 0 Å². The summed E-state index contributed by atoms with van der Waals surface area (Å²) in [6.07, 6.45) is 0. The Bertz CT molecular complexity index is 1740. The zero-order chi connectivity index (χ0) is 27.3. The maximum atomic E-state index is 10.1. The lowest BCUT2D eigenvalue weighted by atomic mass is 9.86. The predicted octanol–water partition coefficient (Wildman–Crippen LogP) is 10.2. The van der Waals surface area contributed by atoms with Crippen molar-refractivity contribution in [3.63, 3.8) is 0 Å². The lowest BCUT2D eigenvalue weighted by Gasteiger charge is -2.21. The van der Waals surface area contributed by atoms with Crippen LogP contribution in [0.2, 0.25) is 0 Å². The van der Waals surface area contributed by atoms with Crippen molar-refractivity contribution in [2.45, 2.75) is 6.92 Å². The molecule has 0 aromatic heterocycles. The third kappa shape index (κ3) is 5.45. The highest BCUT2D eigenvalue weighted by Gasteiger charge is 2.18. The molecule has 0 amide bonds. The number of benzene rings is 6. The molecule has 0 atom stereocenters. The summed E-state index contributed by atoms with van der Waals surface area (Å²) < 4.78 is 0. The van der Waals surface area contributed by atoms with E-state index in [1.807, 2.05) is 24.3 Å². The molecule has 0 spiro atoms. The van der Waals surface area contributed by atoms with Gasteiger partial charge in [-0.2, -0.15) is 0 Å². The summed E-state index contributed by atoms with van der Waals surface area (Å²) in [6.45, 7) is 2.10. The first-order valence-corrected chi connectivity index (χ1v) is 13.4. The number of nitrogens with one attached hydrogen (secondary N) is 2. The van der Waals surface area contributed by atoms with E-state index in [0.29, 0.717) is 0 Å². The molecule has 0 aliphatic heterocycles. The van der Waals surface area contributed by atoms with E-state index in [9.17, 15) is 5.11 Å². The molecular weight excluding hydrogens is 488 g/mol. The summed E-state index contributed by atoms with van der Waals surface area (Å²) >= 11 is 0. The van der Waals surface area contributed by atoms with Crippen molar-refractivity contribution in [3.05, 3.63) is 151 Å². The second-order valence-corrected chi connectivity index (χ2v) is 9.89. The maximum Gasteiger partial charge on any atom is 0.117 e. The molecule has 3 nitrogen and oxygen atoms in total. The van der Waals surface area contributed by atoms with Gasteiger partial charge in [0, 0.05) is 34.4 Å². The van der Waals surface area contributed by atoms with Crippen molar-refractivity contribution in [2.24, 2.45) is 0 Å². The smallest absolute Gasteiger partial charge is 0.117 e. The van der Waals surface area contributed by atoms with Crippen LogP contribution >= 0.6 is 0 Å². The van der Waals surface area contributed by atoms with E-state index in [0.717, 1.165) is 56.1 Å². The molecule has 0 radical (unpaired) electrons. The SMILES string of the molecule is Cc1cccc(Nc2ccc(-c3ccc(Nc4cccc(O)c4)c(-c4ccccc4)c3-c3ccccc3)cc2)c1. The molecule has 194 valence electrons. The highest BCUT2D eigenvalue weighted by molar-refractivity contribution is 6.01. The minimum Gasteiger partial charge on any atom is -0.508 e. The quantitative estimate of drug-likeness (QED) is 0.197. The van der Waals surface area contributed by atoms with Crippen LogP contribution in [0.1, 0.15) is 5.56 Å². The monoisotopic (exact) mass is 518 g/mol. The zero-order valence-corrected chi connectivity index (χ0v) is 22.3. The largest absolute Gasteiger partial charge is 0.508 e. The van der Waals surface area contributed by atoms with Crippen molar-refractivity contribution in [3.8, 4) is 39.1 Å². The normalized spacial score (nSPS) is 10.7. The fraction of sp³-hybridized carbons (Fsp3) is 0.0270. The van der Waals surface area contributed by atoms with Gasteiger partial charge >= 0.3 is 0 Å². The molecule has 0 heterocycles. The lowest BCUT2D eigenvalue weighted by Crippen LogP contribution is -1.98. The molecule has 0 saturated heterocycles. The van der Waals surface area contributed by atoms with Gasteiger partial charge in [-0.3, -0.25) is 0 Å². The van der Waals surface area contributed by atoms with Gasteiger partial charge in [-0.25, -0.2) is 0 Å². The second kappa shape index (κ2) is 11.2. The second-order valence-electron chi connectivity index (χ2n) is 9.89. The van der Waals surface area contributed by atoms with Gasteiger partial charge in [-0.15, -0.1) is 0 Å². The van der Waals surface area contributed by atoms with Crippen molar-refractivity contribution >= 4 is 22.7 Å². The van der Waals surface area contributed by atoms with Crippen molar-refractivity contribution in [1.82, 2.24) is 0 Å². The van der Waals surface area contributed by atoms with E-state index < -0.39 is 0 Å². The molecule has 40 heavy (non-hydrogen) atoms. The number of hydrogen-bond donors (Lipinski definition) is 3. The van der Waals surface area contributed by atoms with Crippen LogP contribution in [-0.4, -0.2) is 5.11 Å². The molecule has 0 aliphatic rings. The summed E-state index contributed by atoms with van der Waals surface area (Å²) in [5, 5.41) is 17.2. The Morgan fingerprint density at radius 1 is 0.450 bits per heavy atom. The summed E-state index contributed by atoms with van der Waals surface area (Å²) in [5.74, 6) is 0.227. The van der Waals surface area contributed by atoms with Gasteiger partial charge < -0.3 is 15.7 Å². The van der Waals surface area contributed by atoms with E-state index in [1.165, 1.54) is 5.56 Å². The van der Waals surface area contributed by atoms with Gasteiger partial charge in [-0.05, 0) is 82.8 Å². The number of anilines is 4. The first kappa shape index (κ1) is 25.0. The highest BCUT2D eigenvalue weighted by atomic mass is 16.3. The third-order valence-corrected chi connectivity index (χ3v) is 6.96. The Hall–Kier alpha value is -5.28. The molecule has 0 aliphatic carbocycles. The van der Waals surface area contributed by atoms with Crippen molar-refractivity contribution in [1.29, 1.82) is 0 Å².